The summed E-state index contributed by atoms with van der Waals surface area (Å²) in [5.41, 5.74) is 7.12. The van der Waals surface area contributed by atoms with Crippen molar-refractivity contribution in [3.05, 3.63) is 0 Å². The molecule has 94 valence electrons. The Hall–Kier alpha value is -0.120. The van der Waals surface area contributed by atoms with Crippen LogP contribution in [0.1, 0.15) is 40.5 Å². The van der Waals surface area contributed by atoms with Crippen LogP contribution < -0.4 is 11.1 Å². The predicted molar refractivity (Wildman–Crippen MR) is 66.3 cm³/mol. The molecule has 0 atom stereocenters. The van der Waals surface area contributed by atoms with Crippen LogP contribution in [0.2, 0.25) is 0 Å². The largest absolute Gasteiger partial charge is 0.381 e. The molecule has 2 rings (SSSR count). The molecule has 0 aromatic carbocycles. The Bertz CT molecular complexity index is 253. The zero-order chi connectivity index (χ0) is 12.0. The van der Waals surface area contributed by atoms with E-state index in [0.717, 1.165) is 32.6 Å². The summed E-state index contributed by atoms with van der Waals surface area (Å²) in [6.45, 7) is 11.9. The number of hydrogen-bond acceptors (Lipinski definition) is 3. The van der Waals surface area contributed by atoms with E-state index in [9.17, 15) is 0 Å². The molecule has 1 heterocycles. The van der Waals surface area contributed by atoms with Gasteiger partial charge in [0.05, 0.1) is 0 Å². The lowest BCUT2D eigenvalue weighted by molar-refractivity contribution is 0.0526. The second-order valence-corrected chi connectivity index (χ2v) is 6.73. The maximum Gasteiger partial charge on any atom is 0.0484 e. The fraction of sp³-hybridized carbons (Fsp3) is 1.00. The molecule has 0 unspecified atom stereocenters. The van der Waals surface area contributed by atoms with E-state index in [1.807, 2.05) is 0 Å². The molecule has 0 amide bonds. The van der Waals surface area contributed by atoms with Crippen LogP contribution >= 0.6 is 0 Å². The first kappa shape index (κ1) is 12.3. The molecular formula is C13H26N2O. The third-order valence-corrected chi connectivity index (χ3v) is 5.17. The number of hydrogen-bond donors (Lipinski definition) is 2. The van der Waals surface area contributed by atoms with Crippen molar-refractivity contribution in [2.75, 3.05) is 19.8 Å². The summed E-state index contributed by atoms with van der Waals surface area (Å²) >= 11 is 0. The van der Waals surface area contributed by atoms with Gasteiger partial charge in [0.15, 0.2) is 0 Å². The van der Waals surface area contributed by atoms with Crippen LogP contribution in [0.15, 0.2) is 0 Å². The summed E-state index contributed by atoms with van der Waals surface area (Å²) in [6.07, 6.45) is 1.96. The van der Waals surface area contributed by atoms with Gasteiger partial charge in [0.25, 0.3) is 0 Å². The van der Waals surface area contributed by atoms with Crippen LogP contribution in [0.5, 0.6) is 0 Å². The molecule has 0 spiro atoms. The number of rotatable bonds is 3. The third kappa shape index (κ3) is 1.89. The van der Waals surface area contributed by atoms with Crippen molar-refractivity contribution in [2.45, 2.75) is 52.1 Å². The summed E-state index contributed by atoms with van der Waals surface area (Å²) in [4.78, 5) is 0. The molecule has 16 heavy (non-hydrogen) atoms. The first-order chi connectivity index (χ1) is 7.30. The summed E-state index contributed by atoms with van der Waals surface area (Å²) in [5, 5.41) is 3.67. The molecule has 2 fully saturated rings. The maximum absolute atomic E-state index is 6.37. The lowest BCUT2D eigenvalue weighted by Crippen LogP contribution is -2.53. The highest BCUT2D eigenvalue weighted by atomic mass is 16.5. The normalized spacial score (nSPS) is 31.3. The Balaban J connectivity index is 1.84. The van der Waals surface area contributed by atoms with Crippen molar-refractivity contribution in [2.24, 2.45) is 16.6 Å². The number of ether oxygens (including phenoxy) is 1. The topological polar surface area (TPSA) is 47.3 Å². The van der Waals surface area contributed by atoms with Crippen molar-refractivity contribution < 1.29 is 4.74 Å². The third-order valence-electron chi connectivity index (χ3n) is 5.17. The lowest BCUT2D eigenvalue weighted by atomic mass is 9.91. The minimum absolute atomic E-state index is 0.0486. The molecule has 0 bridgehead atoms. The number of nitrogens with one attached hydrogen (secondary N) is 1. The van der Waals surface area contributed by atoms with Crippen LogP contribution in [-0.2, 0) is 4.74 Å². The van der Waals surface area contributed by atoms with E-state index >= 15 is 0 Å². The zero-order valence-electron chi connectivity index (χ0n) is 11.1. The van der Waals surface area contributed by atoms with E-state index < -0.39 is 0 Å². The van der Waals surface area contributed by atoms with Gasteiger partial charge in [-0.2, -0.15) is 0 Å². The van der Waals surface area contributed by atoms with Crippen molar-refractivity contribution in [1.29, 1.82) is 0 Å². The minimum Gasteiger partial charge on any atom is -0.381 e. The first-order valence-corrected chi connectivity index (χ1v) is 6.40. The minimum atomic E-state index is -0.0486. The van der Waals surface area contributed by atoms with Gasteiger partial charge in [-0.3, -0.25) is 0 Å². The van der Waals surface area contributed by atoms with Gasteiger partial charge in [-0.05, 0) is 23.7 Å². The van der Waals surface area contributed by atoms with Crippen LogP contribution in [0, 0.1) is 10.8 Å². The highest BCUT2D eigenvalue weighted by Gasteiger charge is 2.64. The summed E-state index contributed by atoms with van der Waals surface area (Å²) in [5.74, 6) is 0. The van der Waals surface area contributed by atoms with Crippen molar-refractivity contribution in [1.82, 2.24) is 5.32 Å². The molecule has 3 heteroatoms. The van der Waals surface area contributed by atoms with E-state index in [4.69, 9.17) is 10.5 Å². The molecule has 1 saturated heterocycles. The molecule has 3 nitrogen and oxygen atoms in total. The van der Waals surface area contributed by atoms with Gasteiger partial charge in [-0.1, -0.05) is 27.7 Å². The average molecular weight is 226 g/mol. The molecule has 2 aliphatic rings. The molecule has 1 saturated carbocycles. The monoisotopic (exact) mass is 226 g/mol. The highest BCUT2D eigenvalue weighted by Crippen LogP contribution is 2.62. The fourth-order valence-corrected chi connectivity index (χ4v) is 2.97. The molecule has 3 N–H and O–H groups in total. The molecule has 0 aromatic rings. The van der Waals surface area contributed by atoms with Gasteiger partial charge in [-0.15, -0.1) is 0 Å². The van der Waals surface area contributed by atoms with Crippen molar-refractivity contribution >= 4 is 0 Å². The van der Waals surface area contributed by atoms with Gasteiger partial charge in [0.1, 0.15) is 0 Å². The average Bonchev–Trinajstić information content (AvgIpc) is 2.56. The smallest absolute Gasteiger partial charge is 0.0484 e. The van der Waals surface area contributed by atoms with E-state index in [2.05, 4.69) is 33.0 Å². The Morgan fingerprint density at radius 3 is 2.06 bits per heavy atom. The molecule has 0 radical (unpaired) electrons. The first-order valence-electron chi connectivity index (χ1n) is 6.40. The van der Waals surface area contributed by atoms with Crippen molar-refractivity contribution in [3.8, 4) is 0 Å². The molecule has 1 aliphatic heterocycles. The number of nitrogens with two attached hydrogens (primary N) is 1. The Morgan fingerprint density at radius 1 is 1.12 bits per heavy atom. The SMILES string of the molecule is CC1(C)C(NCC2(N)CCOCC2)C1(C)C. The summed E-state index contributed by atoms with van der Waals surface area (Å²) in [6, 6.07) is 0.600. The van der Waals surface area contributed by atoms with E-state index in [1.165, 1.54) is 0 Å². The maximum atomic E-state index is 6.37. The summed E-state index contributed by atoms with van der Waals surface area (Å²) in [7, 11) is 0. The molecular weight excluding hydrogens is 200 g/mol. The summed E-state index contributed by atoms with van der Waals surface area (Å²) < 4.78 is 5.36. The van der Waals surface area contributed by atoms with Gasteiger partial charge < -0.3 is 15.8 Å². The quantitative estimate of drug-likeness (QED) is 0.767. The van der Waals surface area contributed by atoms with Gasteiger partial charge in [0, 0.05) is 31.3 Å². The standard InChI is InChI=1S/C13H26N2O/c1-11(2)10(12(11,3)4)15-9-13(14)5-7-16-8-6-13/h10,15H,5-9,14H2,1-4H3. The Morgan fingerprint density at radius 2 is 1.62 bits per heavy atom. The lowest BCUT2D eigenvalue weighted by Gasteiger charge is -2.34. The van der Waals surface area contributed by atoms with E-state index in [-0.39, 0.29) is 5.54 Å². The zero-order valence-corrected chi connectivity index (χ0v) is 11.1. The fourth-order valence-electron chi connectivity index (χ4n) is 2.97. The van der Waals surface area contributed by atoms with Gasteiger partial charge in [0.2, 0.25) is 0 Å². The van der Waals surface area contributed by atoms with Gasteiger partial charge >= 0.3 is 0 Å². The highest BCUT2D eigenvalue weighted by molar-refractivity contribution is 5.18. The van der Waals surface area contributed by atoms with Crippen LogP contribution in [-0.4, -0.2) is 31.3 Å². The molecule has 0 aromatic heterocycles. The molecule has 1 aliphatic carbocycles. The van der Waals surface area contributed by atoms with Crippen molar-refractivity contribution in [3.63, 3.8) is 0 Å². The van der Waals surface area contributed by atoms with Crippen LogP contribution in [0.4, 0.5) is 0 Å². The second kappa shape index (κ2) is 3.69. The second-order valence-electron chi connectivity index (χ2n) is 6.73. The van der Waals surface area contributed by atoms with Crippen LogP contribution in [0.25, 0.3) is 0 Å². The van der Waals surface area contributed by atoms with E-state index in [0.29, 0.717) is 16.9 Å². The Kier molecular flexibility index (Phi) is 2.84. The van der Waals surface area contributed by atoms with Crippen LogP contribution in [0.3, 0.4) is 0 Å². The Labute approximate surface area is 99.1 Å². The van der Waals surface area contributed by atoms with E-state index in [1.54, 1.807) is 0 Å². The predicted octanol–water partition coefficient (Wildman–Crippen LogP) is 1.52. The van der Waals surface area contributed by atoms with Gasteiger partial charge in [-0.25, -0.2) is 0 Å².